The predicted molar refractivity (Wildman–Crippen MR) is 87.3 cm³/mol. The molecule has 1 aliphatic rings. The average molecular weight is 323 g/mol. The maximum atomic E-state index is 12.3. The first-order valence-electron chi connectivity index (χ1n) is 7.89. The highest BCUT2D eigenvalue weighted by atomic mass is 16.5. The van der Waals surface area contributed by atoms with Gasteiger partial charge in [0.15, 0.2) is 0 Å². The summed E-state index contributed by atoms with van der Waals surface area (Å²) in [7, 11) is 0. The third-order valence-electron chi connectivity index (χ3n) is 3.98. The minimum absolute atomic E-state index is 0.213. The summed E-state index contributed by atoms with van der Waals surface area (Å²) in [6, 6.07) is 9.24. The van der Waals surface area contributed by atoms with Crippen LogP contribution in [0.25, 0.3) is 5.69 Å². The zero-order valence-electron chi connectivity index (χ0n) is 13.5. The molecule has 7 heteroatoms. The number of benzene rings is 1. The Kier molecular flexibility index (Phi) is 3.41. The van der Waals surface area contributed by atoms with Crippen LogP contribution in [0.15, 0.2) is 34.9 Å². The van der Waals surface area contributed by atoms with Crippen LogP contribution in [0.4, 0.5) is 5.95 Å². The van der Waals surface area contributed by atoms with Crippen LogP contribution in [0.2, 0.25) is 0 Å². The smallest absolute Gasteiger partial charge is 0.270 e. The summed E-state index contributed by atoms with van der Waals surface area (Å²) < 4.78 is 6.98. The van der Waals surface area contributed by atoms with Gasteiger partial charge in [0.05, 0.1) is 11.4 Å². The Balaban J connectivity index is 1.49. The first kappa shape index (κ1) is 14.6. The van der Waals surface area contributed by atoms with Crippen molar-refractivity contribution < 1.29 is 9.32 Å². The van der Waals surface area contributed by atoms with Crippen LogP contribution in [0.5, 0.6) is 0 Å². The van der Waals surface area contributed by atoms with Crippen molar-refractivity contribution >= 4 is 11.9 Å². The molecule has 1 amide bonds. The number of anilines is 1. The van der Waals surface area contributed by atoms with Crippen LogP contribution in [-0.4, -0.2) is 25.8 Å². The third-order valence-corrected chi connectivity index (χ3v) is 3.98. The minimum atomic E-state index is -0.266. The van der Waals surface area contributed by atoms with E-state index >= 15 is 0 Å². The summed E-state index contributed by atoms with van der Waals surface area (Å²) in [5.74, 6) is 0.913. The summed E-state index contributed by atoms with van der Waals surface area (Å²) in [5.41, 5.74) is 3.44. The van der Waals surface area contributed by atoms with E-state index in [1.165, 1.54) is 0 Å². The molecule has 1 N–H and O–H groups in total. The van der Waals surface area contributed by atoms with Crippen molar-refractivity contribution in [3.05, 3.63) is 53.2 Å². The van der Waals surface area contributed by atoms with Gasteiger partial charge in [0.25, 0.3) is 11.9 Å². The van der Waals surface area contributed by atoms with E-state index in [2.05, 4.69) is 20.6 Å². The quantitative estimate of drug-likeness (QED) is 0.797. The molecule has 2 aromatic heterocycles. The lowest BCUT2D eigenvalue weighted by Crippen LogP contribution is -2.13. The summed E-state index contributed by atoms with van der Waals surface area (Å²) in [5, 5.41) is 10.9. The maximum Gasteiger partial charge on any atom is 0.270 e. The van der Waals surface area contributed by atoms with Crippen LogP contribution in [-0.2, 0) is 0 Å². The molecule has 0 atom stereocenters. The summed E-state index contributed by atoms with van der Waals surface area (Å²) >= 11 is 0. The van der Waals surface area contributed by atoms with Gasteiger partial charge in [-0.2, -0.15) is 10.1 Å². The highest BCUT2D eigenvalue weighted by Gasteiger charge is 2.29. The summed E-state index contributed by atoms with van der Waals surface area (Å²) in [6.07, 6.45) is 2.15. The second-order valence-corrected chi connectivity index (χ2v) is 6.07. The molecule has 0 aliphatic heterocycles. The molecule has 3 aromatic rings. The van der Waals surface area contributed by atoms with E-state index in [1.807, 2.05) is 36.7 Å². The number of aryl methyl sites for hydroxylation is 2. The molecule has 1 saturated carbocycles. The van der Waals surface area contributed by atoms with E-state index < -0.39 is 0 Å². The van der Waals surface area contributed by atoms with Crippen molar-refractivity contribution in [1.82, 2.24) is 19.9 Å². The number of hydrogen-bond acceptors (Lipinski definition) is 5. The maximum absolute atomic E-state index is 12.3. The molecule has 1 fully saturated rings. The number of nitrogens with zero attached hydrogens (tertiary/aromatic N) is 4. The highest BCUT2D eigenvalue weighted by Crippen LogP contribution is 2.39. The SMILES string of the molecule is Cc1cc(C)n(-c2ccc(C(=O)Nc3noc(C4CC4)n3)cc2)n1. The van der Waals surface area contributed by atoms with Crippen molar-refractivity contribution in [2.75, 3.05) is 5.32 Å². The Morgan fingerprint density at radius 1 is 1.25 bits per heavy atom. The lowest BCUT2D eigenvalue weighted by Gasteiger charge is -2.06. The molecular weight excluding hydrogens is 306 g/mol. The van der Waals surface area contributed by atoms with Crippen LogP contribution in [0.1, 0.15) is 46.4 Å². The molecule has 122 valence electrons. The van der Waals surface area contributed by atoms with E-state index in [0.29, 0.717) is 17.4 Å². The third kappa shape index (κ3) is 2.80. The second-order valence-electron chi connectivity index (χ2n) is 6.07. The fourth-order valence-corrected chi connectivity index (χ4v) is 2.60. The standard InChI is InChI=1S/C17H17N5O2/c1-10-9-11(2)22(20-10)14-7-5-12(6-8-14)15(23)18-17-19-16(24-21-17)13-3-4-13/h5-9,13H,3-4H2,1-2H3,(H,18,21,23). The van der Waals surface area contributed by atoms with Gasteiger partial charge in [-0.1, -0.05) is 0 Å². The van der Waals surface area contributed by atoms with Gasteiger partial charge >= 0.3 is 0 Å². The monoisotopic (exact) mass is 323 g/mol. The van der Waals surface area contributed by atoms with Crippen molar-refractivity contribution in [3.8, 4) is 5.69 Å². The van der Waals surface area contributed by atoms with E-state index in [1.54, 1.807) is 12.1 Å². The highest BCUT2D eigenvalue weighted by molar-refractivity contribution is 6.03. The Labute approximate surface area is 138 Å². The van der Waals surface area contributed by atoms with E-state index in [0.717, 1.165) is 29.9 Å². The lowest BCUT2D eigenvalue weighted by atomic mass is 10.2. The number of carbonyl (C=O) groups excluding carboxylic acids is 1. The van der Waals surface area contributed by atoms with Crippen LogP contribution in [0.3, 0.4) is 0 Å². The number of carbonyl (C=O) groups is 1. The molecule has 0 spiro atoms. The van der Waals surface area contributed by atoms with Gasteiger partial charge in [0.2, 0.25) is 5.89 Å². The number of rotatable bonds is 4. The Bertz CT molecular complexity index is 890. The van der Waals surface area contributed by atoms with Crippen molar-refractivity contribution in [3.63, 3.8) is 0 Å². The van der Waals surface area contributed by atoms with E-state index in [4.69, 9.17) is 4.52 Å². The fraction of sp³-hybridized carbons (Fsp3) is 0.294. The van der Waals surface area contributed by atoms with E-state index in [-0.39, 0.29) is 11.9 Å². The molecule has 0 unspecified atom stereocenters. The molecule has 1 aromatic carbocycles. The van der Waals surface area contributed by atoms with Gasteiger partial charge in [-0.3, -0.25) is 10.1 Å². The molecule has 7 nitrogen and oxygen atoms in total. The summed E-state index contributed by atoms with van der Waals surface area (Å²) in [4.78, 5) is 16.5. The van der Waals surface area contributed by atoms with Crippen molar-refractivity contribution in [2.24, 2.45) is 0 Å². The van der Waals surface area contributed by atoms with Crippen LogP contribution >= 0.6 is 0 Å². The fourth-order valence-electron chi connectivity index (χ4n) is 2.60. The number of nitrogens with one attached hydrogen (secondary N) is 1. The molecule has 0 saturated heterocycles. The predicted octanol–water partition coefficient (Wildman–Crippen LogP) is 3.00. The number of aromatic nitrogens is 4. The Morgan fingerprint density at radius 2 is 2.00 bits per heavy atom. The van der Waals surface area contributed by atoms with Gasteiger partial charge < -0.3 is 4.52 Å². The first-order valence-corrected chi connectivity index (χ1v) is 7.89. The Hall–Kier alpha value is -2.96. The van der Waals surface area contributed by atoms with Gasteiger partial charge in [-0.15, -0.1) is 0 Å². The van der Waals surface area contributed by atoms with Crippen molar-refractivity contribution in [2.45, 2.75) is 32.6 Å². The lowest BCUT2D eigenvalue weighted by molar-refractivity contribution is 0.102. The largest absolute Gasteiger partial charge is 0.337 e. The minimum Gasteiger partial charge on any atom is -0.337 e. The van der Waals surface area contributed by atoms with Gasteiger partial charge in [0.1, 0.15) is 0 Å². The number of hydrogen-bond donors (Lipinski definition) is 1. The van der Waals surface area contributed by atoms with Gasteiger partial charge in [-0.05, 0) is 62.2 Å². The van der Waals surface area contributed by atoms with Crippen molar-refractivity contribution in [1.29, 1.82) is 0 Å². The zero-order valence-corrected chi connectivity index (χ0v) is 13.5. The second kappa shape index (κ2) is 5.59. The molecule has 0 bridgehead atoms. The van der Waals surface area contributed by atoms with Crippen LogP contribution in [0, 0.1) is 13.8 Å². The Morgan fingerprint density at radius 3 is 2.62 bits per heavy atom. The molecule has 1 aliphatic carbocycles. The zero-order chi connectivity index (χ0) is 16.7. The van der Waals surface area contributed by atoms with Gasteiger partial charge in [0, 0.05) is 17.2 Å². The summed E-state index contributed by atoms with van der Waals surface area (Å²) in [6.45, 7) is 3.94. The molecule has 4 rings (SSSR count). The molecule has 24 heavy (non-hydrogen) atoms. The molecular formula is C17H17N5O2. The average Bonchev–Trinajstić information content (AvgIpc) is 3.23. The van der Waals surface area contributed by atoms with E-state index in [9.17, 15) is 4.79 Å². The van der Waals surface area contributed by atoms with Gasteiger partial charge in [-0.25, -0.2) is 4.68 Å². The first-order chi connectivity index (χ1) is 11.6. The normalized spacial score (nSPS) is 13.9. The number of amides is 1. The van der Waals surface area contributed by atoms with Crippen LogP contribution < -0.4 is 5.32 Å². The molecule has 2 heterocycles. The molecule has 0 radical (unpaired) electrons. The topological polar surface area (TPSA) is 85.8 Å².